The van der Waals surface area contributed by atoms with E-state index in [1.54, 1.807) is 24.3 Å². The maximum Gasteiger partial charge on any atom is 0.320 e. The van der Waals surface area contributed by atoms with E-state index < -0.39 is 5.82 Å². The van der Waals surface area contributed by atoms with Crippen LogP contribution in [0.4, 0.5) is 21.6 Å². The zero-order chi connectivity index (χ0) is 26.6. The molecule has 38 heavy (non-hydrogen) atoms. The van der Waals surface area contributed by atoms with Crippen LogP contribution in [0.3, 0.4) is 0 Å². The molecule has 2 heterocycles. The lowest BCUT2D eigenvalue weighted by atomic mass is 10.1. The van der Waals surface area contributed by atoms with Gasteiger partial charge in [-0.05, 0) is 49.9 Å². The average Bonchev–Trinajstić information content (AvgIpc) is 3.69. The fourth-order valence-corrected chi connectivity index (χ4v) is 4.32. The molecule has 2 aromatic carbocycles. The number of aromatic nitrogens is 2. The standard InChI is InChI=1S/C27H27ClFN5O4/c1-16-12-34(13-26(36)38-16)8-2-3-25(35)33-23-10-19-22(11-24(23)37-14-17-4-5-17)30-15-31-27(19)32-18-6-7-21(29)20(28)9-18/h2-3,6-7,9-11,15-17H,4-5,8,12-14H2,1H3,(H,33,35)(H,30,31,32)/t16-/m1/s1. The number of nitrogens with zero attached hydrogens (tertiary/aromatic N) is 3. The third kappa shape index (κ3) is 6.56. The van der Waals surface area contributed by atoms with Crippen molar-refractivity contribution >= 4 is 51.6 Å². The SMILES string of the molecule is C[C@@H]1CN(CC=CC(=O)Nc2cc3c(Nc4ccc(F)c(Cl)c4)ncnc3cc2OCC2CC2)CC(=O)O1. The lowest BCUT2D eigenvalue weighted by Crippen LogP contribution is -2.44. The number of fused-ring (bicyclic) bond motifs is 1. The van der Waals surface area contributed by atoms with Gasteiger partial charge >= 0.3 is 5.97 Å². The monoisotopic (exact) mass is 539 g/mol. The first kappa shape index (κ1) is 25.9. The summed E-state index contributed by atoms with van der Waals surface area (Å²) < 4.78 is 24.8. The number of hydrogen-bond acceptors (Lipinski definition) is 8. The van der Waals surface area contributed by atoms with Crippen molar-refractivity contribution in [1.29, 1.82) is 0 Å². The summed E-state index contributed by atoms with van der Waals surface area (Å²) >= 11 is 5.93. The number of carbonyl (C=O) groups is 2. The minimum atomic E-state index is -0.519. The Hall–Kier alpha value is -3.76. The predicted octanol–water partition coefficient (Wildman–Crippen LogP) is 4.70. The highest BCUT2D eigenvalue weighted by molar-refractivity contribution is 6.31. The molecule has 0 unspecified atom stereocenters. The number of morpholine rings is 1. The van der Waals surface area contributed by atoms with Crippen molar-refractivity contribution in [3.63, 3.8) is 0 Å². The van der Waals surface area contributed by atoms with Gasteiger partial charge in [0.05, 0.1) is 29.4 Å². The van der Waals surface area contributed by atoms with E-state index in [4.69, 9.17) is 21.1 Å². The van der Waals surface area contributed by atoms with Gasteiger partial charge in [-0.25, -0.2) is 14.4 Å². The molecule has 198 valence electrons. The molecule has 1 saturated carbocycles. The molecule has 1 amide bonds. The molecular formula is C27H27ClFN5O4. The molecule has 2 aliphatic rings. The topological polar surface area (TPSA) is 106 Å². The van der Waals surface area contributed by atoms with Gasteiger partial charge in [0, 0.05) is 36.3 Å². The predicted molar refractivity (Wildman–Crippen MR) is 142 cm³/mol. The van der Waals surface area contributed by atoms with Crippen LogP contribution < -0.4 is 15.4 Å². The Morgan fingerprint density at radius 2 is 2.13 bits per heavy atom. The lowest BCUT2D eigenvalue weighted by molar-refractivity contribution is -0.156. The molecule has 1 saturated heterocycles. The Morgan fingerprint density at radius 3 is 2.89 bits per heavy atom. The van der Waals surface area contributed by atoms with Crippen LogP contribution in [0.5, 0.6) is 5.75 Å². The normalized spacial score (nSPS) is 18.0. The molecule has 0 spiro atoms. The van der Waals surface area contributed by atoms with Crippen molar-refractivity contribution in [2.75, 3.05) is 36.9 Å². The van der Waals surface area contributed by atoms with E-state index in [0.717, 1.165) is 12.8 Å². The minimum absolute atomic E-state index is 0.0141. The van der Waals surface area contributed by atoms with Crippen molar-refractivity contribution in [2.45, 2.75) is 25.9 Å². The largest absolute Gasteiger partial charge is 0.491 e. The number of rotatable bonds is 9. The van der Waals surface area contributed by atoms with Gasteiger partial charge in [0.15, 0.2) is 0 Å². The zero-order valence-electron chi connectivity index (χ0n) is 20.7. The first-order valence-electron chi connectivity index (χ1n) is 12.4. The Labute approximate surface area is 224 Å². The van der Waals surface area contributed by atoms with Crippen LogP contribution in [-0.4, -0.2) is 59.1 Å². The molecule has 11 heteroatoms. The van der Waals surface area contributed by atoms with Gasteiger partial charge in [-0.3, -0.25) is 14.5 Å². The second-order valence-corrected chi connectivity index (χ2v) is 9.89. The number of carbonyl (C=O) groups excluding carboxylic acids is 2. The van der Waals surface area contributed by atoms with Crippen molar-refractivity contribution < 1.29 is 23.5 Å². The molecule has 1 aliphatic carbocycles. The van der Waals surface area contributed by atoms with Gasteiger partial charge in [-0.15, -0.1) is 0 Å². The molecule has 5 rings (SSSR count). The van der Waals surface area contributed by atoms with Gasteiger partial charge in [-0.2, -0.15) is 0 Å². The second kappa shape index (κ2) is 11.3. The molecule has 2 N–H and O–H groups in total. The number of halogens is 2. The van der Waals surface area contributed by atoms with Gasteiger partial charge < -0.3 is 20.1 Å². The van der Waals surface area contributed by atoms with Crippen molar-refractivity contribution in [2.24, 2.45) is 5.92 Å². The average molecular weight is 540 g/mol. The number of nitrogens with one attached hydrogen (secondary N) is 2. The third-order valence-electron chi connectivity index (χ3n) is 6.18. The van der Waals surface area contributed by atoms with Crippen molar-refractivity contribution in [3.8, 4) is 5.75 Å². The Morgan fingerprint density at radius 1 is 1.29 bits per heavy atom. The second-order valence-electron chi connectivity index (χ2n) is 9.48. The van der Waals surface area contributed by atoms with Crippen LogP contribution in [0.2, 0.25) is 5.02 Å². The number of anilines is 3. The quantitative estimate of drug-likeness (QED) is 0.298. The summed E-state index contributed by atoms with van der Waals surface area (Å²) in [6.07, 6.45) is 6.62. The van der Waals surface area contributed by atoms with E-state index in [2.05, 4.69) is 20.6 Å². The summed E-state index contributed by atoms with van der Waals surface area (Å²) in [5.41, 5.74) is 1.63. The maximum absolute atomic E-state index is 13.6. The molecule has 9 nitrogen and oxygen atoms in total. The molecule has 1 atom stereocenters. The number of hydrogen-bond donors (Lipinski definition) is 2. The fourth-order valence-electron chi connectivity index (χ4n) is 4.14. The van der Waals surface area contributed by atoms with Crippen LogP contribution in [0.15, 0.2) is 48.8 Å². The molecule has 2 fully saturated rings. The van der Waals surface area contributed by atoms with Crippen LogP contribution in [0.25, 0.3) is 10.9 Å². The van der Waals surface area contributed by atoms with Crippen LogP contribution in [0, 0.1) is 11.7 Å². The zero-order valence-corrected chi connectivity index (χ0v) is 21.5. The van der Waals surface area contributed by atoms with E-state index in [-0.39, 0.29) is 29.5 Å². The molecule has 0 radical (unpaired) electrons. The number of amides is 1. The highest BCUT2D eigenvalue weighted by Gasteiger charge is 2.24. The minimum Gasteiger partial charge on any atom is -0.491 e. The molecule has 3 aromatic rings. The molecule has 0 bridgehead atoms. The summed E-state index contributed by atoms with van der Waals surface area (Å²) in [4.78, 5) is 35.1. The summed E-state index contributed by atoms with van der Waals surface area (Å²) in [6.45, 7) is 3.63. The Kier molecular flexibility index (Phi) is 7.71. The smallest absolute Gasteiger partial charge is 0.320 e. The summed E-state index contributed by atoms with van der Waals surface area (Å²) in [5, 5.41) is 6.65. The molecule has 1 aliphatic heterocycles. The first-order chi connectivity index (χ1) is 18.3. The molecular weight excluding hydrogens is 513 g/mol. The lowest BCUT2D eigenvalue weighted by Gasteiger charge is -2.29. The first-order valence-corrected chi connectivity index (χ1v) is 12.7. The summed E-state index contributed by atoms with van der Waals surface area (Å²) in [5.74, 6) is 0.347. The van der Waals surface area contributed by atoms with E-state index in [1.807, 2.05) is 11.8 Å². The van der Waals surface area contributed by atoms with Crippen molar-refractivity contribution in [3.05, 3.63) is 59.7 Å². The third-order valence-corrected chi connectivity index (χ3v) is 6.47. The van der Waals surface area contributed by atoms with Gasteiger partial charge in [-0.1, -0.05) is 17.7 Å². The van der Waals surface area contributed by atoms with E-state index in [9.17, 15) is 14.0 Å². The van der Waals surface area contributed by atoms with Gasteiger partial charge in [0.2, 0.25) is 5.91 Å². The van der Waals surface area contributed by atoms with Gasteiger partial charge in [0.25, 0.3) is 0 Å². The summed E-state index contributed by atoms with van der Waals surface area (Å²) in [7, 11) is 0. The number of ether oxygens (including phenoxy) is 2. The number of benzene rings is 2. The van der Waals surface area contributed by atoms with E-state index in [0.29, 0.717) is 59.5 Å². The van der Waals surface area contributed by atoms with Crippen LogP contribution in [0.1, 0.15) is 19.8 Å². The highest BCUT2D eigenvalue weighted by atomic mass is 35.5. The summed E-state index contributed by atoms with van der Waals surface area (Å²) in [6, 6.07) is 7.80. The van der Waals surface area contributed by atoms with E-state index >= 15 is 0 Å². The van der Waals surface area contributed by atoms with Crippen LogP contribution >= 0.6 is 11.6 Å². The van der Waals surface area contributed by atoms with Crippen LogP contribution in [-0.2, 0) is 14.3 Å². The van der Waals surface area contributed by atoms with Gasteiger partial charge in [0.1, 0.15) is 29.8 Å². The van der Waals surface area contributed by atoms with E-state index in [1.165, 1.54) is 24.5 Å². The Bertz CT molecular complexity index is 1400. The molecule has 1 aromatic heterocycles. The maximum atomic E-state index is 13.6. The van der Waals surface area contributed by atoms with Crippen molar-refractivity contribution in [1.82, 2.24) is 14.9 Å². The number of esters is 1. The fraction of sp³-hybridized carbons (Fsp3) is 0.333. The highest BCUT2D eigenvalue weighted by Crippen LogP contribution is 2.36. The number of cyclic esters (lactones) is 1. The Balaban J connectivity index is 1.36.